The number of aromatic carboxylic acids is 1. The lowest BCUT2D eigenvalue weighted by Crippen LogP contribution is -2.44. The number of nitrogens with zero attached hydrogens (tertiary/aromatic N) is 3. The molecule has 42 heavy (non-hydrogen) atoms. The van der Waals surface area contributed by atoms with Crippen LogP contribution in [0.5, 0.6) is 5.88 Å². The van der Waals surface area contributed by atoms with Gasteiger partial charge < -0.3 is 19.1 Å². The van der Waals surface area contributed by atoms with Gasteiger partial charge in [0, 0.05) is 30.0 Å². The van der Waals surface area contributed by atoms with Crippen LogP contribution in [0.2, 0.25) is 0 Å². The van der Waals surface area contributed by atoms with Gasteiger partial charge in [-0.15, -0.1) is 0 Å². The van der Waals surface area contributed by atoms with Crippen molar-refractivity contribution in [2.75, 3.05) is 6.61 Å². The first-order valence-corrected chi connectivity index (χ1v) is 13.7. The van der Waals surface area contributed by atoms with Gasteiger partial charge in [0.2, 0.25) is 5.88 Å². The monoisotopic (exact) mass is 569 g/mol. The second-order valence-corrected chi connectivity index (χ2v) is 10.9. The van der Waals surface area contributed by atoms with Crippen molar-refractivity contribution in [3.8, 4) is 17.1 Å². The number of ether oxygens (including phenoxy) is 2. The number of pyridine rings is 1. The molecule has 6 rings (SSSR count). The third-order valence-electron chi connectivity index (χ3n) is 7.65. The Morgan fingerprint density at radius 1 is 1.02 bits per heavy atom. The van der Waals surface area contributed by atoms with Gasteiger partial charge in [-0.05, 0) is 61.4 Å². The molecule has 1 N–H and O–H groups in total. The predicted octanol–water partition coefficient (Wildman–Crippen LogP) is 6.73. The molecule has 3 heterocycles. The van der Waals surface area contributed by atoms with Crippen molar-refractivity contribution in [1.29, 1.82) is 0 Å². The Morgan fingerprint density at radius 2 is 1.81 bits per heavy atom. The number of aryl methyl sites for hydroxylation is 1. The Morgan fingerprint density at radius 3 is 2.52 bits per heavy atom. The van der Waals surface area contributed by atoms with Crippen LogP contribution in [0.4, 0.5) is 8.78 Å². The van der Waals surface area contributed by atoms with Gasteiger partial charge in [-0.25, -0.2) is 23.5 Å². The first-order valence-electron chi connectivity index (χ1n) is 13.7. The van der Waals surface area contributed by atoms with Gasteiger partial charge in [0.25, 0.3) is 0 Å². The maximum absolute atomic E-state index is 15.5. The normalized spacial score (nSPS) is 16.4. The highest BCUT2D eigenvalue weighted by Crippen LogP contribution is 2.32. The lowest BCUT2D eigenvalue weighted by molar-refractivity contribution is -0.142. The fraction of sp³-hybridized carbons (Fsp3) is 0.242. The SMILES string of the molecule is Cc1ccc(COc2cccc(-c3ccc(Cc4nc5ccc(C(=O)O)cc5n4C[C@@]4(C)CCO4)c(F)c3)n2)c(F)c1. The predicted molar refractivity (Wildman–Crippen MR) is 154 cm³/mol. The summed E-state index contributed by atoms with van der Waals surface area (Å²) in [4.78, 5) is 20.8. The summed E-state index contributed by atoms with van der Waals surface area (Å²) in [5, 5.41) is 9.51. The van der Waals surface area contributed by atoms with Crippen molar-refractivity contribution in [3.05, 3.63) is 113 Å². The highest BCUT2D eigenvalue weighted by molar-refractivity contribution is 5.92. The zero-order chi connectivity index (χ0) is 29.4. The molecule has 0 amide bonds. The van der Waals surface area contributed by atoms with Crippen molar-refractivity contribution in [1.82, 2.24) is 14.5 Å². The first-order chi connectivity index (χ1) is 20.2. The van der Waals surface area contributed by atoms with Crippen LogP contribution in [0.1, 0.15) is 46.2 Å². The topological polar surface area (TPSA) is 86.5 Å². The van der Waals surface area contributed by atoms with Gasteiger partial charge >= 0.3 is 5.97 Å². The molecule has 9 heteroatoms. The Kier molecular flexibility index (Phi) is 7.20. The third kappa shape index (κ3) is 5.60. The second kappa shape index (κ2) is 11.0. The standard InChI is InChI=1S/C33H29F2N3O4/c1-20-6-7-24(25(34)14-20)18-41-31-5-3-4-27(37-31)22-9-8-21(26(35)15-22)17-30-36-28-11-10-23(32(39)40)16-29(28)38(30)19-33(2)12-13-42-33/h3-11,14-16H,12-13,17-19H2,1-2H3,(H,39,40)/t33-/m1/s1. The average molecular weight is 570 g/mol. The summed E-state index contributed by atoms with van der Waals surface area (Å²) in [6, 6.07) is 19.9. The van der Waals surface area contributed by atoms with Crippen LogP contribution in [0.3, 0.4) is 0 Å². The molecule has 214 valence electrons. The van der Waals surface area contributed by atoms with E-state index in [-0.39, 0.29) is 24.4 Å². The van der Waals surface area contributed by atoms with E-state index in [1.807, 2.05) is 24.5 Å². The Bertz CT molecular complexity index is 1810. The van der Waals surface area contributed by atoms with Crippen LogP contribution in [-0.4, -0.2) is 37.8 Å². The molecule has 7 nitrogen and oxygen atoms in total. The molecule has 3 aromatic carbocycles. The number of rotatable bonds is 9. The number of aromatic nitrogens is 3. The van der Waals surface area contributed by atoms with E-state index in [0.29, 0.717) is 58.3 Å². The minimum absolute atomic E-state index is 0.0227. The molecular formula is C33H29F2N3O4. The van der Waals surface area contributed by atoms with E-state index in [0.717, 1.165) is 12.0 Å². The van der Waals surface area contributed by atoms with E-state index in [9.17, 15) is 14.3 Å². The molecule has 0 saturated carbocycles. The van der Waals surface area contributed by atoms with Crippen LogP contribution in [0.25, 0.3) is 22.3 Å². The van der Waals surface area contributed by atoms with Crippen molar-refractivity contribution in [2.45, 2.75) is 45.4 Å². The van der Waals surface area contributed by atoms with E-state index in [4.69, 9.17) is 14.5 Å². The van der Waals surface area contributed by atoms with Crippen LogP contribution in [0, 0.1) is 18.6 Å². The van der Waals surface area contributed by atoms with Crippen LogP contribution in [-0.2, 0) is 24.3 Å². The molecule has 0 radical (unpaired) electrons. The Balaban J connectivity index is 1.25. The minimum Gasteiger partial charge on any atom is -0.478 e. The molecule has 2 aromatic heterocycles. The fourth-order valence-corrected chi connectivity index (χ4v) is 5.12. The quantitative estimate of drug-likeness (QED) is 0.212. The smallest absolute Gasteiger partial charge is 0.335 e. The number of hydrogen-bond acceptors (Lipinski definition) is 5. The summed E-state index contributed by atoms with van der Waals surface area (Å²) in [5.74, 6) is -0.859. The summed E-state index contributed by atoms with van der Waals surface area (Å²) in [5.41, 5.74) is 3.85. The fourth-order valence-electron chi connectivity index (χ4n) is 5.12. The van der Waals surface area contributed by atoms with Gasteiger partial charge in [0.15, 0.2) is 0 Å². The Labute approximate surface area is 241 Å². The number of carbonyl (C=O) groups is 1. The van der Waals surface area contributed by atoms with Crippen molar-refractivity contribution < 1.29 is 28.2 Å². The van der Waals surface area contributed by atoms with E-state index < -0.39 is 17.4 Å². The van der Waals surface area contributed by atoms with Crippen molar-refractivity contribution >= 4 is 17.0 Å². The molecule has 0 bridgehead atoms. The van der Waals surface area contributed by atoms with Gasteiger partial charge in [-0.1, -0.05) is 30.3 Å². The second-order valence-electron chi connectivity index (χ2n) is 10.9. The average Bonchev–Trinajstić information content (AvgIpc) is 3.28. The number of carboxylic acid groups (broad SMARTS) is 1. The summed E-state index contributed by atoms with van der Waals surface area (Å²) in [6.45, 7) is 4.99. The van der Waals surface area contributed by atoms with Crippen LogP contribution in [0.15, 0.2) is 72.8 Å². The summed E-state index contributed by atoms with van der Waals surface area (Å²) in [6.07, 6.45) is 1.07. The first kappa shape index (κ1) is 27.5. The molecule has 5 aromatic rings. The number of imidazole rings is 1. The molecule has 1 saturated heterocycles. The van der Waals surface area contributed by atoms with Crippen LogP contribution < -0.4 is 4.74 Å². The molecule has 1 aliphatic rings. The highest BCUT2D eigenvalue weighted by Gasteiger charge is 2.35. The number of carboxylic acids is 1. The van der Waals surface area contributed by atoms with Gasteiger partial charge in [-0.2, -0.15) is 0 Å². The number of fused-ring (bicyclic) bond motifs is 1. The summed E-state index contributed by atoms with van der Waals surface area (Å²) < 4.78 is 43.2. The van der Waals surface area contributed by atoms with Crippen molar-refractivity contribution in [2.24, 2.45) is 0 Å². The van der Waals surface area contributed by atoms with Crippen LogP contribution >= 0.6 is 0 Å². The Hall–Kier alpha value is -4.63. The van der Waals surface area contributed by atoms with Gasteiger partial charge in [0.05, 0.1) is 41.0 Å². The maximum atomic E-state index is 15.5. The highest BCUT2D eigenvalue weighted by atomic mass is 19.1. The maximum Gasteiger partial charge on any atom is 0.335 e. The summed E-state index contributed by atoms with van der Waals surface area (Å²) >= 11 is 0. The molecule has 0 aliphatic carbocycles. The molecule has 1 atom stereocenters. The third-order valence-corrected chi connectivity index (χ3v) is 7.65. The van der Waals surface area contributed by atoms with E-state index >= 15 is 4.39 Å². The molecule has 0 unspecified atom stereocenters. The summed E-state index contributed by atoms with van der Waals surface area (Å²) in [7, 11) is 0. The molecule has 1 fully saturated rings. The minimum atomic E-state index is -1.02. The number of halogens is 2. The van der Waals surface area contributed by atoms with Gasteiger partial charge in [-0.3, -0.25) is 0 Å². The lowest BCUT2D eigenvalue weighted by Gasteiger charge is -2.39. The molecule has 0 spiro atoms. The van der Waals surface area contributed by atoms with Crippen molar-refractivity contribution in [3.63, 3.8) is 0 Å². The number of hydrogen-bond donors (Lipinski definition) is 1. The van der Waals surface area contributed by atoms with Gasteiger partial charge in [0.1, 0.15) is 24.1 Å². The lowest BCUT2D eigenvalue weighted by atomic mass is 9.97. The largest absolute Gasteiger partial charge is 0.478 e. The zero-order valence-corrected chi connectivity index (χ0v) is 23.2. The number of benzene rings is 3. The van der Waals surface area contributed by atoms with E-state index in [2.05, 4.69) is 4.98 Å². The van der Waals surface area contributed by atoms with E-state index in [1.165, 1.54) is 18.2 Å². The molecular weight excluding hydrogens is 540 g/mol. The zero-order valence-electron chi connectivity index (χ0n) is 23.2. The molecule has 1 aliphatic heterocycles. The van der Waals surface area contributed by atoms with E-state index in [1.54, 1.807) is 48.5 Å².